The predicted octanol–water partition coefficient (Wildman–Crippen LogP) is 1.60. The molecule has 3 aromatic rings. The van der Waals surface area contributed by atoms with Crippen LogP contribution in [0.15, 0.2) is 18.3 Å². The van der Waals surface area contributed by atoms with Crippen molar-refractivity contribution >= 4 is 22.8 Å². The van der Waals surface area contributed by atoms with Crippen LogP contribution >= 0.6 is 0 Å². The maximum absolute atomic E-state index is 12.5. The van der Waals surface area contributed by atoms with Crippen molar-refractivity contribution in [1.82, 2.24) is 35.4 Å². The van der Waals surface area contributed by atoms with Gasteiger partial charge in [-0.25, -0.2) is 9.67 Å². The van der Waals surface area contributed by atoms with Crippen molar-refractivity contribution in [3.05, 3.63) is 41.0 Å². The molecule has 0 aliphatic heterocycles. The summed E-state index contributed by atoms with van der Waals surface area (Å²) in [5.74, 6) is -0.796. The molecular formula is C18H23N7O2. The summed E-state index contributed by atoms with van der Waals surface area (Å²) in [6.07, 6.45) is 1.68. The molecule has 27 heavy (non-hydrogen) atoms. The fourth-order valence-corrected chi connectivity index (χ4v) is 2.88. The summed E-state index contributed by atoms with van der Waals surface area (Å²) in [6, 6.07) is 3.78. The molecule has 0 fully saturated rings. The standard InChI is InChI=1S/C18H23N7O2/c1-10(2)25-17-14(8-19-25)7-15(13(5)20-17)18(27)22-21-16(26)9-24-12(4)6-11(3)23-24/h6-8,10H,9H2,1-5H3,(H,21,26)(H,22,27). The van der Waals surface area contributed by atoms with E-state index in [0.717, 1.165) is 22.4 Å². The lowest BCUT2D eigenvalue weighted by Gasteiger charge is -2.11. The van der Waals surface area contributed by atoms with Crippen LogP contribution in [0.3, 0.4) is 0 Å². The van der Waals surface area contributed by atoms with E-state index in [9.17, 15) is 9.59 Å². The SMILES string of the molecule is Cc1cc(C)n(CC(=O)NNC(=O)c2cc3cnn(C(C)C)c3nc2C)n1. The molecule has 9 heteroatoms. The molecule has 0 aliphatic carbocycles. The van der Waals surface area contributed by atoms with Crippen molar-refractivity contribution in [2.45, 2.75) is 47.2 Å². The first-order chi connectivity index (χ1) is 12.8. The third-order valence-corrected chi connectivity index (χ3v) is 4.21. The lowest BCUT2D eigenvalue weighted by atomic mass is 10.1. The summed E-state index contributed by atoms with van der Waals surface area (Å²) >= 11 is 0. The molecule has 0 saturated heterocycles. The highest BCUT2D eigenvalue weighted by atomic mass is 16.2. The van der Waals surface area contributed by atoms with Crippen molar-refractivity contribution in [2.75, 3.05) is 0 Å². The number of amides is 2. The van der Waals surface area contributed by atoms with Gasteiger partial charge in [-0.3, -0.25) is 25.1 Å². The molecule has 0 saturated carbocycles. The lowest BCUT2D eigenvalue weighted by molar-refractivity contribution is -0.122. The summed E-state index contributed by atoms with van der Waals surface area (Å²) in [5, 5.41) is 9.31. The predicted molar refractivity (Wildman–Crippen MR) is 100.0 cm³/mol. The first kappa shape index (κ1) is 18.6. The number of pyridine rings is 1. The molecule has 142 valence electrons. The minimum atomic E-state index is -0.430. The highest BCUT2D eigenvalue weighted by Crippen LogP contribution is 2.19. The number of carbonyl (C=O) groups excluding carboxylic acids is 2. The Morgan fingerprint density at radius 1 is 1.15 bits per heavy atom. The van der Waals surface area contributed by atoms with Gasteiger partial charge in [0.1, 0.15) is 6.54 Å². The van der Waals surface area contributed by atoms with Gasteiger partial charge in [-0.1, -0.05) is 0 Å². The number of hydrogen-bond donors (Lipinski definition) is 2. The summed E-state index contributed by atoms with van der Waals surface area (Å²) in [7, 11) is 0. The Morgan fingerprint density at radius 2 is 1.89 bits per heavy atom. The van der Waals surface area contributed by atoms with E-state index >= 15 is 0 Å². The summed E-state index contributed by atoms with van der Waals surface area (Å²) < 4.78 is 3.39. The highest BCUT2D eigenvalue weighted by Gasteiger charge is 2.16. The van der Waals surface area contributed by atoms with Gasteiger partial charge in [-0.2, -0.15) is 10.2 Å². The number of hydrogen-bond acceptors (Lipinski definition) is 5. The van der Waals surface area contributed by atoms with Crippen molar-refractivity contribution in [3.8, 4) is 0 Å². The molecule has 0 atom stereocenters. The van der Waals surface area contributed by atoms with Gasteiger partial charge in [0.2, 0.25) is 0 Å². The first-order valence-electron chi connectivity index (χ1n) is 8.71. The average Bonchev–Trinajstić information content (AvgIpc) is 3.14. The molecule has 2 amide bonds. The van der Waals surface area contributed by atoms with Crippen molar-refractivity contribution in [3.63, 3.8) is 0 Å². The molecule has 0 spiro atoms. The number of rotatable bonds is 4. The van der Waals surface area contributed by atoms with E-state index in [1.807, 2.05) is 33.8 Å². The van der Waals surface area contributed by atoms with Gasteiger partial charge in [0.05, 0.1) is 23.1 Å². The number of nitrogens with one attached hydrogen (secondary N) is 2. The van der Waals surface area contributed by atoms with Crippen molar-refractivity contribution < 1.29 is 9.59 Å². The monoisotopic (exact) mass is 369 g/mol. The summed E-state index contributed by atoms with van der Waals surface area (Å²) in [4.78, 5) is 29.0. The largest absolute Gasteiger partial charge is 0.271 e. The van der Waals surface area contributed by atoms with Crippen molar-refractivity contribution in [1.29, 1.82) is 0 Å². The maximum Gasteiger partial charge on any atom is 0.271 e. The fourth-order valence-electron chi connectivity index (χ4n) is 2.88. The van der Waals surface area contributed by atoms with E-state index in [4.69, 9.17) is 0 Å². The Labute approximate surface area is 156 Å². The Hall–Kier alpha value is -3.23. The topological polar surface area (TPSA) is 107 Å². The van der Waals surface area contributed by atoms with Crippen LogP contribution in [0.1, 0.15) is 47.3 Å². The zero-order valence-corrected chi connectivity index (χ0v) is 16.1. The molecule has 0 aliphatic rings. The molecule has 3 rings (SSSR count). The van der Waals surface area contributed by atoms with E-state index in [1.165, 1.54) is 0 Å². The zero-order chi connectivity index (χ0) is 19.7. The van der Waals surface area contributed by atoms with Crippen LogP contribution < -0.4 is 10.9 Å². The molecule has 2 N–H and O–H groups in total. The summed E-state index contributed by atoms with van der Waals surface area (Å²) in [5.41, 5.74) is 8.24. The van der Waals surface area contributed by atoms with Crippen LogP contribution in [0.2, 0.25) is 0 Å². The van der Waals surface area contributed by atoms with Gasteiger partial charge in [-0.15, -0.1) is 0 Å². The van der Waals surface area contributed by atoms with Gasteiger partial charge >= 0.3 is 0 Å². The smallest absolute Gasteiger partial charge is 0.271 e. The average molecular weight is 369 g/mol. The van der Waals surface area contributed by atoms with Crippen LogP contribution in [0.5, 0.6) is 0 Å². The second kappa shape index (κ2) is 7.18. The molecule has 3 aromatic heterocycles. The fraction of sp³-hybridized carbons (Fsp3) is 0.389. The van der Waals surface area contributed by atoms with Gasteiger partial charge in [0, 0.05) is 17.1 Å². The van der Waals surface area contributed by atoms with Crippen LogP contribution in [0.4, 0.5) is 0 Å². The van der Waals surface area contributed by atoms with Crippen LogP contribution in [0, 0.1) is 20.8 Å². The van der Waals surface area contributed by atoms with Gasteiger partial charge in [0.15, 0.2) is 5.65 Å². The van der Waals surface area contributed by atoms with E-state index in [2.05, 4.69) is 26.0 Å². The second-order valence-corrected chi connectivity index (χ2v) is 6.80. The second-order valence-electron chi connectivity index (χ2n) is 6.80. The number of aromatic nitrogens is 5. The van der Waals surface area contributed by atoms with Gasteiger partial charge < -0.3 is 0 Å². The quantitative estimate of drug-likeness (QED) is 0.679. The molecule has 9 nitrogen and oxygen atoms in total. The molecule has 0 unspecified atom stereocenters. The zero-order valence-electron chi connectivity index (χ0n) is 16.1. The van der Waals surface area contributed by atoms with Crippen LogP contribution in [0.25, 0.3) is 11.0 Å². The Kier molecular flexibility index (Phi) is 4.93. The minimum absolute atomic E-state index is 0.0252. The van der Waals surface area contributed by atoms with E-state index in [-0.39, 0.29) is 18.5 Å². The Balaban J connectivity index is 1.69. The molecule has 0 bridgehead atoms. The van der Waals surface area contributed by atoms with E-state index in [0.29, 0.717) is 11.3 Å². The molecule has 0 radical (unpaired) electrons. The molecule has 3 heterocycles. The van der Waals surface area contributed by atoms with Gasteiger partial charge in [0.25, 0.3) is 11.8 Å². The third kappa shape index (κ3) is 3.81. The third-order valence-electron chi connectivity index (χ3n) is 4.21. The normalized spacial score (nSPS) is 11.2. The van der Waals surface area contributed by atoms with Gasteiger partial charge in [-0.05, 0) is 46.8 Å². The van der Waals surface area contributed by atoms with E-state index < -0.39 is 5.91 Å². The number of fused-ring (bicyclic) bond motifs is 1. The lowest BCUT2D eigenvalue weighted by Crippen LogP contribution is -2.43. The summed E-state index contributed by atoms with van der Waals surface area (Å²) in [6.45, 7) is 9.54. The first-order valence-corrected chi connectivity index (χ1v) is 8.71. The number of carbonyl (C=O) groups is 2. The van der Waals surface area contributed by atoms with Crippen LogP contribution in [-0.2, 0) is 11.3 Å². The Bertz CT molecular complexity index is 1020. The maximum atomic E-state index is 12.5. The number of hydrazine groups is 1. The molecule has 0 aromatic carbocycles. The Morgan fingerprint density at radius 3 is 2.52 bits per heavy atom. The highest BCUT2D eigenvalue weighted by molar-refractivity contribution is 5.99. The minimum Gasteiger partial charge on any atom is -0.271 e. The number of nitrogens with zero attached hydrogens (tertiary/aromatic N) is 5. The molecular weight excluding hydrogens is 346 g/mol. The number of aryl methyl sites for hydroxylation is 3. The van der Waals surface area contributed by atoms with Crippen molar-refractivity contribution in [2.24, 2.45) is 0 Å². The van der Waals surface area contributed by atoms with Crippen LogP contribution in [-0.4, -0.2) is 36.4 Å². The van der Waals surface area contributed by atoms with E-state index in [1.54, 1.807) is 28.6 Å².